The van der Waals surface area contributed by atoms with Gasteiger partial charge in [0.2, 0.25) is 0 Å². The fraction of sp³-hybridized carbons (Fsp3) is 0.562. The van der Waals surface area contributed by atoms with E-state index in [0.29, 0.717) is 6.61 Å². The molecule has 0 atom stereocenters. The SMILES string of the molecule is CCCCCCCCOc1cccc(CC(=O)O)c1. The number of hydrogen-bond acceptors (Lipinski definition) is 2. The predicted molar refractivity (Wildman–Crippen MR) is 76.7 cm³/mol. The highest BCUT2D eigenvalue weighted by molar-refractivity contribution is 5.70. The largest absolute Gasteiger partial charge is 0.494 e. The summed E-state index contributed by atoms with van der Waals surface area (Å²) in [5.74, 6) is -0.0413. The zero-order valence-electron chi connectivity index (χ0n) is 11.7. The van der Waals surface area contributed by atoms with E-state index in [-0.39, 0.29) is 6.42 Å². The van der Waals surface area contributed by atoms with Gasteiger partial charge in [-0.05, 0) is 24.1 Å². The number of aliphatic carboxylic acids is 1. The molecular formula is C16H24O3. The van der Waals surface area contributed by atoms with Crippen molar-refractivity contribution in [2.24, 2.45) is 0 Å². The van der Waals surface area contributed by atoms with Gasteiger partial charge >= 0.3 is 5.97 Å². The van der Waals surface area contributed by atoms with Gasteiger partial charge in [0.15, 0.2) is 0 Å². The van der Waals surface area contributed by atoms with Crippen molar-refractivity contribution >= 4 is 5.97 Å². The first-order valence-corrected chi connectivity index (χ1v) is 7.16. The molecule has 0 bridgehead atoms. The second-order valence-corrected chi connectivity index (χ2v) is 4.83. The summed E-state index contributed by atoms with van der Waals surface area (Å²) < 4.78 is 5.64. The third kappa shape index (κ3) is 7.50. The molecule has 0 unspecified atom stereocenters. The number of carbonyl (C=O) groups is 1. The minimum absolute atomic E-state index is 0.0498. The molecule has 3 heteroatoms. The zero-order chi connectivity index (χ0) is 13.9. The summed E-state index contributed by atoms with van der Waals surface area (Å²) >= 11 is 0. The standard InChI is InChI=1S/C16H24O3/c1-2-3-4-5-6-7-11-19-15-10-8-9-14(12-15)13-16(17)18/h8-10,12H,2-7,11,13H2,1H3,(H,17,18). The highest BCUT2D eigenvalue weighted by atomic mass is 16.5. The molecule has 0 amide bonds. The van der Waals surface area contributed by atoms with E-state index in [1.54, 1.807) is 0 Å². The number of benzene rings is 1. The Kier molecular flexibility index (Phi) is 7.71. The molecule has 19 heavy (non-hydrogen) atoms. The first kappa shape index (κ1) is 15.5. The topological polar surface area (TPSA) is 46.5 Å². The highest BCUT2D eigenvalue weighted by Crippen LogP contribution is 2.14. The van der Waals surface area contributed by atoms with Gasteiger partial charge in [-0.2, -0.15) is 0 Å². The van der Waals surface area contributed by atoms with Crippen LogP contribution in [0.2, 0.25) is 0 Å². The zero-order valence-corrected chi connectivity index (χ0v) is 11.7. The van der Waals surface area contributed by atoms with Crippen molar-refractivity contribution in [3.63, 3.8) is 0 Å². The van der Waals surface area contributed by atoms with E-state index in [0.717, 1.165) is 17.7 Å². The van der Waals surface area contributed by atoms with E-state index in [1.807, 2.05) is 24.3 Å². The summed E-state index contributed by atoms with van der Waals surface area (Å²) in [6.07, 6.45) is 7.49. The average molecular weight is 264 g/mol. The van der Waals surface area contributed by atoms with E-state index in [9.17, 15) is 4.79 Å². The van der Waals surface area contributed by atoms with Gasteiger partial charge in [0.1, 0.15) is 5.75 Å². The lowest BCUT2D eigenvalue weighted by Crippen LogP contribution is -2.01. The summed E-state index contributed by atoms with van der Waals surface area (Å²) in [4.78, 5) is 10.6. The molecule has 0 saturated carbocycles. The molecule has 0 aliphatic rings. The van der Waals surface area contributed by atoms with Crippen LogP contribution in [0.4, 0.5) is 0 Å². The molecule has 0 aromatic heterocycles. The normalized spacial score (nSPS) is 10.4. The number of ether oxygens (including phenoxy) is 1. The summed E-state index contributed by atoms with van der Waals surface area (Å²) in [5.41, 5.74) is 0.785. The molecule has 0 fully saturated rings. The maximum absolute atomic E-state index is 10.6. The lowest BCUT2D eigenvalue weighted by molar-refractivity contribution is -0.136. The monoisotopic (exact) mass is 264 g/mol. The van der Waals surface area contributed by atoms with Crippen LogP contribution in [0.5, 0.6) is 5.75 Å². The van der Waals surface area contributed by atoms with Crippen molar-refractivity contribution < 1.29 is 14.6 Å². The lowest BCUT2D eigenvalue weighted by atomic mass is 10.1. The van der Waals surface area contributed by atoms with Gasteiger partial charge in [-0.1, -0.05) is 51.2 Å². The smallest absolute Gasteiger partial charge is 0.307 e. The van der Waals surface area contributed by atoms with Crippen molar-refractivity contribution in [2.75, 3.05) is 6.61 Å². The molecule has 0 heterocycles. The molecule has 0 aliphatic carbocycles. The van der Waals surface area contributed by atoms with E-state index < -0.39 is 5.97 Å². The van der Waals surface area contributed by atoms with Crippen molar-refractivity contribution in [1.29, 1.82) is 0 Å². The second kappa shape index (κ2) is 9.42. The minimum Gasteiger partial charge on any atom is -0.494 e. The minimum atomic E-state index is -0.812. The van der Waals surface area contributed by atoms with Gasteiger partial charge in [-0.3, -0.25) is 4.79 Å². The van der Waals surface area contributed by atoms with Crippen LogP contribution in [-0.4, -0.2) is 17.7 Å². The third-order valence-corrected chi connectivity index (χ3v) is 3.02. The van der Waals surface area contributed by atoms with Crippen LogP contribution >= 0.6 is 0 Å². The lowest BCUT2D eigenvalue weighted by Gasteiger charge is -2.07. The van der Waals surface area contributed by atoms with Gasteiger partial charge < -0.3 is 9.84 Å². The number of unbranched alkanes of at least 4 members (excludes halogenated alkanes) is 5. The van der Waals surface area contributed by atoms with Crippen molar-refractivity contribution in [3.05, 3.63) is 29.8 Å². The van der Waals surface area contributed by atoms with Gasteiger partial charge in [-0.25, -0.2) is 0 Å². The molecule has 1 aromatic rings. The Labute approximate surface area is 115 Å². The highest BCUT2D eigenvalue weighted by Gasteiger charge is 2.01. The fourth-order valence-electron chi connectivity index (χ4n) is 1.99. The van der Waals surface area contributed by atoms with Crippen LogP contribution in [0, 0.1) is 0 Å². The Morgan fingerprint density at radius 2 is 1.89 bits per heavy atom. The number of hydrogen-bond donors (Lipinski definition) is 1. The van der Waals surface area contributed by atoms with Crippen LogP contribution in [0.1, 0.15) is 51.0 Å². The van der Waals surface area contributed by atoms with E-state index in [4.69, 9.17) is 9.84 Å². The predicted octanol–water partition coefficient (Wildman–Crippen LogP) is 4.05. The average Bonchev–Trinajstić information content (AvgIpc) is 2.37. The van der Waals surface area contributed by atoms with E-state index in [1.165, 1.54) is 32.1 Å². The molecule has 1 aromatic carbocycles. The molecule has 106 valence electrons. The maximum atomic E-state index is 10.6. The van der Waals surface area contributed by atoms with Gasteiger partial charge in [0.05, 0.1) is 13.0 Å². The van der Waals surface area contributed by atoms with Crippen LogP contribution in [-0.2, 0) is 11.2 Å². The van der Waals surface area contributed by atoms with E-state index in [2.05, 4.69) is 6.92 Å². The van der Waals surface area contributed by atoms with Crippen molar-refractivity contribution in [1.82, 2.24) is 0 Å². The molecule has 0 aliphatic heterocycles. The number of carboxylic acid groups (broad SMARTS) is 1. The quantitative estimate of drug-likeness (QED) is 0.648. The Balaban J connectivity index is 2.20. The first-order valence-electron chi connectivity index (χ1n) is 7.16. The molecule has 0 radical (unpaired) electrons. The van der Waals surface area contributed by atoms with Crippen molar-refractivity contribution in [3.8, 4) is 5.75 Å². The molecular weight excluding hydrogens is 240 g/mol. The fourth-order valence-corrected chi connectivity index (χ4v) is 1.99. The van der Waals surface area contributed by atoms with Crippen LogP contribution in [0.25, 0.3) is 0 Å². The van der Waals surface area contributed by atoms with Gasteiger partial charge in [0.25, 0.3) is 0 Å². The Hall–Kier alpha value is -1.51. The van der Waals surface area contributed by atoms with E-state index >= 15 is 0 Å². The van der Waals surface area contributed by atoms with Gasteiger partial charge in [-0.15, -0.1) is 0 Å². The van der Waals surface area contributed by atoms with Gasteiger partial charge in [0, 0.05) is 0 Å². The maximum Gasteiger partial charge on any atom is 0.307 e. The Morgan fingerprint density at radius 1 is 1.16 bits per heavy atom. The van der Waals surface area contributed by atoms with Crippen LogP contribution in [0.3, 0.4) is 0 Å². The summed E-state index contributed by atoms with van der Waals surface area (Å²) in [6.45, 7) is 2.93. The molecule has 0 spiro atoms. The molecule has 3 nitrogen and oxygen atoms in total. The summed E-state index contributed by atoms with van der Waals surface area (Å²) in [6, 6.07) is 7.34. The Morgan fingerprint density at radius 3 is 2.63 bits per heavy atom. The molecule has 1 rings (SSSR count). The third-order valence-electron chi connectivity index (χ3n) is 3.02. The first-order chi connectivity index (χ1) is 9.22. The van der Waals surface area contributed by atoms with Crippen molar-refractivity contribution in [2.45, 2.75) is 51.9 Å². The Bertz CT molecular complexity index is 374. The molecule has 1 N–H and O–H groups in total. The molecule has 0 saturated heterocycles. The summed E-state index contributed by atoms with van der Waals surface area (Å²) in [7, 11) is 0. The van der Waals surface area contributed by atoms with Crippen LogP contribution in [0.15, 0.2) is 24.3 Å². The second-order valence-electron chi connectivity index (χ2n) is 4.83. The number of carboxylic acids is 1. The summed E-state index contributed by atoms with van der Waals surface area (Å²) in [5, 5.41) is 8.73. The van der Waals surface area contributed by atoms with Crippen LogP contribution < -0.4 is 4.74 Å². The number of rotatable bonds is 10.